The lowest BCUT2D eigenvalue weighted by Crippen LogP contribution is -2.48. The van der Waals surface area contributed by atoms with Crippen molar-refractivity contribution in [2.24, 2.45) is 0 Å². The number of anilines is 3. The van der Waals surface area contributed by atoms with Crippen LogP contribution in [0.4, 0.5) is 17.6 Å². The van der Waals surface area contributed by atoms with Crippen LogP contribution in [-0.4, -0.2) is 67.4 Å². The lowest BCUT2D eigenvalue weighted by molar-refractivity contribution is 0.122. The average Bonchev–Trinajstić information content (AvgIpc) is 2.77. The molecule has 2 aliphatic rings. The molecule has 0 aliphatic carbocycles. The molecule has 0 atom stereocenters. The molecule has 30 heavy (non-hydrogen) atoms. The quantitative estimate of drug-likeness (QED) is 0.738. The van der Waals surface area contributed by atoms with E-state index in [0.29, 0.717) is 10.6 Å². The molecule has 2 fully saturated rings. The minimum Gasteiger partial charge on any atom is -0.378 e. The number of ether oxygens (including phenoxy) is 1. The Morgan fingerprint density at radius 3 is 2.27 bits per heavy atom. The summed E-state index contributed by atoms with van der Waals surface area (Å²) in [5.41, 5.74) is 3.06. The second-order valence-electron chi connectivity index (χ2n) is 7.69. The lowest BCUT2D eigenvalue weighted by atomic mass is 10.1. The first-order valence-electron chi connectivity index (χ1n) is 10.2. The van der Waals surface area contributed by atoms with Crippen molar-refractivity contribution >= 4 is 29.2 Å². The van der Waals surface area contributed by atoms with Crippen molar-refractivity contribution in [3.05, 3.63) is 33.6 Å². The highest BCUT2D eigenvalue weighted by atomic mass is 35.5. The second-order valence-corrected chi connectivity index (χ2v) is 8.07. The van der Waals surface area contributed by atoms with E-state index in [9.17, 15) is 5.26 Å². The highest BCUT2D eigenvalue weighted by Gasteiger charge is 2.25. The van der Waals surface area contributed by atoms with Gasteiger partial charge in [0.25, 0.3) is 0 Å². The van der Waals surface area contributed by atoms with E-state index in [4.69, 9.17) is 21.3 Å². The van der Waals surface area contributed by atoms with Gasteiger partial charge < -0.3 is 19.4 Å². The van der Waals surface area contributed by atoms with Crippen LogP contribution in [0.3, 0.4) is 0 Å². The molecule has 0 radical (unpaired) electrons. The summed E-state index contributed by atoms with van der Waals surface area (Å²) in [6.45, 7) is 11.9. The number of nitriles is 1. The number of pyridine rings is 1. The van der Waals surface area contributed by atoms with Crippen molar-refractivity contribution < 1.29 is 4.74 Å². The summed E-state index contributed by atoms with van der Waals surface area (Å²) in [4.78, 5) is 20.7. The van der Waals surface area contributed by atoms with Crippen LogP contribution in [0.2, 0.25) is 5.02 Å². The van der Waals surface area contributed by atoms with Crippen LogP contribution in [0.5, 0.6) is 0 Å². The lowest BCUT2D eigenvalue weighted by Gasteiger charge is -2.36. The van der Waals surface area contributed by atoms with E-state index in [0.717, 1.165) is 87.0 Å². The highest BCUT2D eigenvalue weighted by molar-refractivity contribution is 6.32. The Balaban J connectivity index is 1.52. The molecule has 8 nitrogen and oxygen atoms in total. The van der Waals surface area contributed by atoms with Gasteiger partial charge in [-0.05, 0) is 26.3 Å². The van der Waals surface area contributed by atoms with Crippen LogP contribution < -0.4 is 14.7 Å². The van der Waals surface area contributed by atoms with Crippen molar-refractivity contribution in [3.8, 4) is 6.07 Å². The predicted octanol–water partition coefficient (Wildman–Crippen LogP) is 2.49. The standard InChI is InChI=1S/C21H26ClN7O/c1-14-12-18(27-8-10-30-11-9-27)26-21(24-14)29-6-4-28(5-7-29)20-17(13-23)15(2)19(22)16(3)25-20/h12H,4-11H2,1-3H3. The van der Waals surface area contributed by atoms with Gasteiger partial charge in [0.15, 0.2) is 0 Å². The smallest absolute Gasteiger partial charge is 0.227 e. The summed E-state index contributed by atoms with van der Waals surface area (Å²) in [6.07, 6.45) is 0. The maximum Gasteiger partial charge on any atom is 0.227 e. The molecule has 2 aliphatic heterocycles. The summed E-state index contributed by atoms with van der Waals surface area (Å²) in [5, 5.41) is 10.2. The Morgan fingerprint density at radius 1 is 0.933 bits per heavy atom. The first-order chi connectivity index (χ1) is 14.5. The van der Waals surface area contributed by atoms with E-state index >= 15 is 0 Å². The number of hydrogen-bond donors (Lipinski definition) is 0. The first kappa shape index (κ1) is 20.6. The third-order valence-corrected chi connectivity index (χ3v) is 6.21. The Bertz CT molecular complexity index is 976. The zero-order valence-electron chi connectivity index (χ0n) is 17.7. The van der Waals surface area contributed by atoms with Gasteiger partial charge in [-0.2, -0.15) is 10.2 Å². The average molecular weight is 428 g/mol. The fourth-order valence-electron chi connectivity index (χ4n) is 3.93. The Labute approximate surface area is 182 Å². The maximum absolute atomic E-state index is 9.64. The number of morpholine rings is 1. The third-order valence-electron chi connectivity index (χ3n) is 5.66. The van der Waals surface area contributed by atoms with Gasteiger partial charge in [0, 0.05) is 51.0 Å². The van der Waals surface area contributed by atoms with Gasteiger partial charge in [0.2, 0.25) is 5.95 Å². The number of nitrogens with zero attached hydrogens (tertiary/aromatic N) is 7. The summed E-state index contributed by atoms with van der Waals surface area (Å²) in [5.74, 6) is 2.43. The largest absolute Gasteiger partial charge is 0.378 e. The predicted molar refractivity (Wildman–Crippen MR) is 118 cm³/mol. The van der Waals surface area contributed by atoms with E-state index < -0.39 is 0 Å². The SMILES string of the molecule is Cc1cc(N2CCOCC2)nc(N2CCN(c3nc(C)c(Cl)c(C)c3C#N)CC2)n1. The summed E-state index contributed by atoms with van der Waals surface area (Å²) in [6, 6.07) is 4.32. The molecule has 4 heterocycles. The van der Waals surface area contributed by atoms with E-state index in [1.54, 1.807) is 0 Å². The molecule has 0 spiro atoms. The van der Waals surface area contributed by atoms with Crippen LogP contribution in [0.25, 0.3) is 0 Å². The van der Waals surface area contributed by atoms with E-state index in [2.05, 4.69) is 30.7 Å². The number of rotatable bonds is 3. The molecule has 158 valence electrons. The van der Waals surface area contributed by atoms with Gasteiger partial charge in [-0.3, -0.25) is 0 Å². The van der Waals surface area contributed by atoms with Gasteiger partial charge >= 0.3 is 0 Å². The number of aryl methyl sites for hydroxylation is 2. The zero-order valence-corrected chi connectivity index (χ0v) is 18.4. The number of aromatic nitrogens is 3. The Hall–Kier alpha value is -2.63. The molecule has 4 rings (SSSR count). The van der Waals surface area contributed by atoms with Gasteiger partial charge in [0.1, 0.15) is 17.7 Å². The molecule has 0 amide bonds. The second kappa shape index (κ2) is 8.62. The summed E-state index contributed by atoms with van der Waals surface area (Å²) in [7, 11) is 0. The van der Waals surface area contributed by atoms with Gasteiger partial charge in [0.05, 0.1) is 29.5 Å². The number of halogens is 1. The maximum atomic E-state index is 9.64. The molecule has 0 bridgehead atoms. The molecule has 0 N–H and O–H groups in total. The van der Waals surface area contributed by atoms with Crippen molar-refractivity contribution in [2.75, 3.05) is 67.2 Å². The number of piperazine rings is 1. The topological polar surface area (TPSA) is 81.4 Å². The van der Waals surface area contributed by atoms with E-state index in [1.807, 2.05) is 26.8 Å². The van der Waals surface area contributed by atoms with Crippen LogP contribution in [0, 0.1) is 32.1 Å². The molecule has 9 heteroatoms. The monoisotopic (exact) mass is 427 g/mol. The van der Waals surface area contributed by atoms with Crippen molar-refractivity contribution in [1.82, 2.24) is 15.0 Å². The Morgan fingerprint density at radius 2 is 1.60 bits per heavy atom. The van der Waals surface area contributed by atoms with Crippen molar-refractivity contribution in [3.63, 3.8) is 0 Å². The van der Waals surface area contributed by atoms with Crippen LogP contribution >= 0.6 is 11.6 Å². The van der Waals surface area contributed by atoms with Crippen LogP contribution in [-0.2, 0) is 4.74 Å². The van der Waals surface area contributed by atoms with Gasteiger partial charge in [-0.15, -0.1) is 0 Å². The molecule has 2 saturated heterocycles. The van der Waals surface area contributed by atoms with Gasteiger partial charge in [-0.1, -0.05) is 11.6 Å². The van der Waals surface area contributed by atoms with Crippen molar-refractivity contribution in [2.45, 2.75) is 20.8 Å². The summed E-state index contributed by atoms with van der Waals surface area (Å²) < 4.78 is 5.46. The van der Waals surface area contributed by atoms with Crippen LogP contribution in [0.1, 0.15) is 22.5 Å². The zero-order chi connectivity index (χ0) is 21.3. The van der Waals surface area contributed by atoms with Gasteiger partial charge in [-0.25, -0.2) is 9.97 Å². The molecular weight excluding hydrogens is 402 g/mol. The summed E-state index contributed by atoms with van der Waals surface area (Å²) >= 11 is 6.30. The molecular formula is C21H26ClN7O. The minimum atomic E-state index is 0.556. The fourth-order valence-corrected chi connectivity index (χ4v) is 4.06. The van der Waals surface area contributed by atoms with E-state index in [-0.39, 0.29) is 0 Å². The third kappa shape index (κ3) is 4.00. The molecule has 2 aromatic heterocycles. The van der Waals surface area contributed by atoms with Crippen LogP contribution in [0.15, 0.2) is 6.07 Å². The fraction of sp³-hybridized carbons (Fsp3) is 0.524. The molecule has 2 aromatic rings. The Kier molecular flexibility index (Phi) is 5.93. The highest BCUT2D eigenvalue weighted by Crippen LogP contribution is 2.30. The minimum absolute atomic E-state index is 0.556. The normalized spacial score (nSPS) is 17.2. The molecule has 0 unspecified atom stereocenters. The first-order valence-corrected chi connectivity index (χ1v) is 10.6. The number of hydrogen-bond acceptors (Lipinski definition) is 8. The molecule has 0 saturated carbocycles. The van der Waals surface area contributed by atoms with Crippen molar-refractivity contribution in [1.29, 1.82) is 5.26 Å². The van der Waals surface area contributed by atoms with E-state index in [1.165, 1.54) is 0 Å². The molecule has 0 aromatic carbocycles.